The maximum Gasteiger partial charge on any atom is 0.101 e. The Morgan fingerprint density at radius 1 is 1.18 bits per heavy atom. The molecule has 22 heavy (non-hydrogen) atoms. The van der Waals surface area contributed by atoms with Crippen molar-refractivity contribution in [1.82, 2.24) is 9.78 Å². The Labute approximate surface area is 137 Å². The summed E-state index contributed by atoms with van der Waals surface area (Å²) < 4.78 is 2.72. The minimum Gasteiger partial charge on any atom is -0.380 e. The predicted molar refractivity (Wildman–Crippen MR) is 89.7 cm³/mol. The van der Waals surface area contributed by atoms with Crippen LogP contribution in [0.1, 0.15) is 11.1 Å². The summed E-state index contributed by atoms with van der Waals surface area (Å²) in [5.41, 5.74) is 3.63. The first-order valence-electron chi connectivity index (χ1n) is 6.79. The van der Waals surface area contributed by atoms with Crippen LogP contribution in [0.2, 0.25) is 0 Å². The van der Waals surface area contributed by atoms with E-state index >= 15 is 0 Å². The fraction of sp³-hybridized carbons (Fsp3) is 0.0588. The van der Waals surface area contributed by atoms with Crippen LogP contribution in [-0.4, -0.2) is 9.78 Å². The van der Waals surface area contributed by atoms with Crippen molar-refractivity contribution >= 4 is 21.6 Å². The second-order valence-electron chi connectivity index (χ2n) is 4.77. The van der Waals surface area contributed by atoms with Gasteiger partial charge in [-0.2, -0.15) is 10.4 Å². The van der Waals surface area contributed by atoms with Crippen LogP contribution in [0.3, 0.4) is 0 Å². The lowest BCUT2D eigenvalue weighted by Gasteiger charge is -2.09. The van der Waals surface area contributed by atoms with Crippen molar-refractivity contribution < 1.29 is 0 Å². The molecular weight excluding hydrogens is 340 g/mol. The van der Waals surface area contributed by atoms with E-state index < -0.39 is 0 Å². The van der Waals surface area contributed by atoms with E-state index in [-0.39, 0.29) is 0 Å². The molecule has 0 unspecified atom stereocenters. The second-order valence-corrected chi connectivity index (χ2v) is 5.69. The zero-order chi connectivity index (χ0) is 15.4. The monoisotopic (exact) mass is 352 g/mol. The SMILES string of the molecule is N#Cc1cc(Br)ccc1NCc1ccc(-n2cccn2)cc1. The lowest BCUT2D eigenvalue weighted by Crippen LogP contribution is -2.02. The van der Waals surface area contributed by atoms with Gasteiger partial charge in [-0.05, 0) is 42.0 Å². The average molecular weight is 353 g/mol. The van der Waals surface area contributed by atoms with Crippen LogP contribution in [0.4, 0.5) is 5.69 Å². The highest BCUT2D eigenvalue weighted by molar-refractivity contribution is 9.10. The second kappa shape index (κ2) is 6.46. The van der Waals surface area contributed by atoms with Gasteiger partial charge >= 0.3 is 0 Å². The molecule has 0 bridgehead atoms. The summed E-state index contributed by atoms with van der Waals surface area (Å²) in [5, 5.41) is 16.7. The van der Waals surface area contributed by atoms with Gasteiger partial charge < -0.3 is 5.32 Å². The van der Waals surface area contributed by atoms with Crippen molar-refractivity contribution in [3.8, 4) is 11.8 Å². The number of nitriles is 1. The quantitative estimate of drug-likeness (QED) is 0.768. The Morgan fingerprint density at radius 2 is 2.00 bits per heavy atom. The molecule has 3 rings (SSSR count). The molecule has 3 aromatic rings. The van der Waals surface area contributed by atoms with Gasteiger partial charge in [0.15, 0.2) is 0 Å². The normalized spacial score (nSPS) is 10.2. The van der Waals surface area contributed by atoms with Crippen molar-refractivity contribution in [2.45, 2.75) is 6.54 Å². The first kappa shape index (κ1) is 14.4. The van der Waals surface area contributed by atoms with Crippen molar-refractivity contribution in [2.24, 2.45) is 0 Å². The van der Waals surface area contributed by atoms with Crippen LogP contribution in [0.5, 0.6) is 0 Å². The number of aromatic nitrogens is 2. The number of benzene rings is 2. The van der Waals surface area contributed by atoms with Gasteiger partial charge in [0.05, 0.1) is 16.9 Å². The maximum absolute atomic E-state index is 9.16. The fourth-order valence-electron chi connectivity index (χ4n) is 2.15. The molecule has 1 N–H and O–H groups in total. The molecule has 0 aliphatic heterocycles. The van der Waals surface area contributed by atoms with E-state index in [1.807, 2.05) is 47.3 Å². The lowest BCUT2D eigenvalue weighted by molar-refractivity contribution is 0.879. The van der Waals surface area contributed by atoms with Gasteiger partial charge in [-0.15, -0.1) is 0 Å². The largest absolute Gasteiger partial charge is 0.380 e. The Kier molecular flexibility index (Phi) is 4.22. The van der Waals surface area contributed by atoms with E-state index in [0.717, 1.165) is 21.4 Å². The predicted octanol–water partition coefficient (Wildman–Crippen LogP) is 4.12. The van der Waals surface area contributed by atoms with E-state index in [1.165, 1.54) is 0 Å². The molecule has 4 nitrogen and oxygen atoms in total. The van der Waals surface area contributed by atoms with Crippen LogP contribution in [0.15, 0.2) is 65.4 Å². The average Bonchev–Trinajstić information content (AvgIpc) is 3.08. The molecule has 2 aromatic carbocycles. The summed E-state index contributed by atoms with van der Waals surface area (Å²) in [7, 11) is 0. The third-order valence-corrected chi connectivity index (χ3v) is 3.78. The summed E-state index contributed by atoms with van der Waals surface area (Å²) in [6.45, 7) is 0.662. The third kappa shape index (κ3) is 3.18. The molecule has 1 aromatic heterocycles. The number of halogens is 1. The molecule has 5 heteroatoms. The van der Waals surface area contributed by atoms with Gasteiger partial charge in [0.25, 0.3) is 0 Å². The first-order valence-corrected chi connectivity index (χ1v) is 7.58. The Hall–Kier alpha value is -2.58. The van der Waals surface area contributed by atoms with Crippen molar-refractivity contribution in [1.29, 1.82) is 5.26 Å². The van der Waals surface area contributed by atoms with Gasteiger partial charge in [0.2, 0.25) is 0 Å². The number of anilines is 1. The minimum absolute atomic E-state index is 0.627. The lowest BCUT2D eigenvalue weighted by atomic mass is 10.1. The van der Waals surface area contributed by atoms with E-state index in [1.54, 1.807) is 6.20 Å². The molecule has 0 saturated heterocycles. The van der Waals surface area contributed by atoms with Crippen LogP contribution in [0.25, 0.3) is 5.69 Å². The van der Waals surface area contributed by atoms with Crippen LogP contribution < -0.4 is 5.32 Å². The molecule has 0 fully saturated rings. The van der Waals surface area contributed by atoms with Gasteiger partial charge in [-0.25, -0.2) is 4.68 Å². The number of nitrogens with one attached hydrogen (secondary N) is 1. The number of hydrogen-bond acceptors (Lipinski definition) is 3. The molecule has 0 aliphatic carbocycles. The number of rotatable bonds is 4. The van der Waals surface area contributed by atoms with E-state index in [2.05, 4.69) is 44.5 Å². The minimum atomic E-state index is 0.627. The highest BCUT2D eigenvalue weighted by Gasteiger charge is 2.03. The molecule has 1 heterocycles. The molecule has 0 spiro atoms. The van der Waals surface area contributed by atoms with Crippen LogP contribution >= 0.6 is 15.9 Å². The third-order valence-electron chi connectivity index (χ3n) is 3.29. The Morgan fingerprint density at radius 3 is 2.68 bits per heavy atom. The van der Waals surface area contributed by atoms with Gasteiger partial charge in [-0.3, -0.25) is 0 Å². The van der Waals surface area contributed by atoms with E-state index in [9.17, 15) is 0 Å². The summed E-state index contributed by atoms with van der Waals surface area (Å²) in [6.07, 6.45) is 3.67. The number of nitrogens with zero attached hydrogens (tertiary/aromatic N) is 3. The summed E-state index contributed by atoms with van der Waals surface area (Å²) in [5.74, 6) is 0. The molecule has 0 saturated carbocycles. The van der Waals surface area contributed by atoms with Crippen molar-refractivity contribution in [3.63, 3.8) is 0 Å². The topological polar surface area (TPSA) is 53.6 Å². The first-order chi connectivity index (χ1) is 10.8. The summed E-state index contributed by atoms with van der Waals surface area (Å²) >= 11 is 3.37. The van der Waals surface area contributed by atoms with Crippen molar-refractivity contribution in [3.05, 3.63) is 76.5 Å². The molecule has 0 amide bonds. The number of hydrogen-bond donors (Lipinski definition) is 1. The molecule has 0 radical (unpaired) electrons. The van der Waals surface area contributed by atoms with Gasteiger partial charge in [-0.1, -0.05) is 28.1 Å². The highest BCUT2D eigenvalue weighted by atomic mass is 79.9. The fourth-order valence-corrected chi connectivity index (χ4v) is 2.51. The van der Waals surface area contributed by atoms with E-state index in [0.29, 0.717) is 12.1 Å². The van der Waals surface area contributed by atoms with Crippen molar-refractivity contribution in [2.75, 3.05) is 5.32 Å². The highest BCUT2D eigenvalue weighted by Crippen LogP contribution is 2.21. The molecular formula is C17H13BrN4. The van der Waals surface area contributed by atoms with Gasteiger partial charge in [0.1, 0.15) is 6.07 Å². The van der Waals surface area contributed by atoms with E-state index in [4.69, 9.17) is 5.26 Å². The zero-order valence-electron chi connectivity index (χ0n) is 11.7. The Bertz CT molecular complexity index is 802. The summed E-state index contributed by atoms with van der Waals surface area (Å²) in [6, 6.07) is 17.9. The maximum atomic E-state index is 9.16. The van der Waals surface area contributed by atoms with Gasteiger partial charge in [0, 0.05) is 23.4 Å². The molecule has 0 atom stereocenters. The summed E-state index contributed by atoms with van der Waals surface area (Å²) in [4.78, 5) is 0. The molecule has 108 valence electrons. The van der Waals surface area contributed by atoms with Crippen LogP contribution in [-0.2, 0) is 6.54 Å². The Balaban J connectivity index is 1.71. The molecule has 0 aliphatic rings. The smallest absolute Gasteiger partial charge is 0.101 e. The standard InChI is InChI=1S/C17H13BrN4/c18-15-4-7-17(14(10-15)11-19)20-12-13-2-5-16(6-3-13)22-9-1-8-21-22/h1-10,20H,12H2. The van der Waals surface area contributed by atoms with Crippen LogP contribution in [0, 0.1) is 11.3 Å². The zero-order valence-corrected chi connectivity index (χ0v) is 13.3.